The van der Waals surface area contributed by atoms with Crippen LogP contribution in [-0.4, -0.2) is 30.9 Å². The molecule has 0 saturated carbocycles. The third-order valence-electron chi connectivity index (χ3n) is 7.33. The van der Waals surface area contributed by atoms with E-state index < -0.39 is 11.2 Å². The van der Waals surface area contributed by atoms with Gasteiger partial charge in [0.15, 0.2) is 0 Å². The maximum absolute atomic E-state index is 10.6. The van der Waals surface area contributed by atoms with Gasteiger partial charge in [0.25, 0.3) is 0 Å². The number of aliphatic hydroxyl groups is 1. The van der Waals surface area contributed by atoms with Crippen molar-refractivity contribution < 1.29 is 14.5 Å². The Labute approximate surface area is 225 Å². The maximum Gasteiger partial charge on any atom is 0.330 e. The molecule has 37 heavy (non-hydrogen) atoms. The molecular formula is C33H44BO3. The van der Waals surface area contributed by atoms with Crippen LogP contribution >= 0.6 is 0 Å². The molecule has 3 nitrogen and oxygen atoms in total. The zero-order chi connectivity index (χ0) is 27.8. The van der Waals surface area contributed by atoms with Gasteiger partial charge < -0.3 is 14.5 Å². The van der Waals surface area contributed by atoms with E-state index >= 15 is 0 Å². The molecule has 4 heteroatoms. The summed E-state index contributed by atoms with van der Waals surface area (Å²) in [6.07, 6.45) is 0. The van der Waals surface area contributed by atoms with Crippen molar-refractivity contribution in [3.05, 3.63) is 71.8 Å². The van der Waals surface area contributed by atoms with Crippen LogP contribution in [0.4, 0.5) is 0 Å². The third kappa shape index (κ3) is 6.86. The Morgan fingerprint density at radius 2 is 1.16 bits per heavy atom. The second-order valence-electron chi connectivity index (χ2n) is 13.1. The van der Waals surface area contributed by atoms with Gasteiger partial charge in [-0.15, -0.1) is 0 Å². The largest absolute Gasteiger partial charge is 0.496 e. The molecule has 0 fully saturated rings. The van der Waals surface area contributed by atoms with Crippen LogP contribution in [-0.2, 0) is 15.5 Å². The summed E-state index contributed by atoms with van der Waals surface area (Å²) in [5.74, 6) is 0.821. The zero-order valence-electron chi connectivity index (χ0n) is 24.6. The van der Waals surface area contributed by atoms with Gasteiger partial charge in [-0.25, -0.2) is 0 Å². The lowest BCUT2D eigenvalue weighted by atomic mass is 9.77. The third-order valence-corrected chi connectivity index (χ3v) is 7.33. The van der Waals surface area contributed by atoms with Gasteiger partial charge in [-0.3, -0.25) is 0 Å². The van der Waals surface area contributed by atoms with E-state index in [1.807, 2.05) is 32.0 Å². The first-order valence-electron chi connectivity index (χ1n) is 13.1. The molecule has 0 unspecified atom stereocenters. The number of benzene rings is 3. The van der Waals surface area contributed by atoms with E-state index in [1.165, 1.54) is 16.7 Å². The second-order valence-corrected chi connectivity index (χ2v) is 13.1. The molecule has 0 aliphatic rings. The predicted octanol–water partition coefficient (Wildman–Crippen LogP) is 7.43. The Kier molecular flexibility index (Phi) is 8.08. The van der Waals surface area contributed by atoms with Gasteiger partial charge in [-0.2, -0.15) is 0 Å². The summed E-state index contributed by atoms with van der Waals surface area (Å²) in [4.78, 5) is 0. The number of methoxy groups -OCH3 is 1. The highest BCUT2D eigenvalue weighted by Crippen LogP contribution is 2.36. The fraction of sp³-hybridized carbons (Fsp3) is 0.455. The number of rotatable bonds is 7. The molecule has 0 bridgehead atoms. The second kappa shape index (κ2) is 10.3. The van der Waals surface area contributed by atoms with E-state index in [4.69, 9.17) is 9.39 Å². The van der Waals surface area contributed by atoms with E-state index in [2.05, 4.69) is 84.0 Å². The predicted molar refractivity (Wildman–Crippen MR) is 158 cm³/mol. The SMILES string of the molecule is COc1ccccc1-c1cc([B]OC(C)(C)C(C)(C)O)cc(-c2cc(C(C)(C)C)cc(C(C)(C)C)c2)c1. The summed E-state index contributed by atoms with van der Waals surface area (Å²) < 4.78 is 11.9. The van der Waals surface area contributed by atoms with Crippen LogP contribution in [0.25, 0.3) is 22.3 Å². The molecule has 0 saturated heterocycles. The van der Waals surface area contributed by atoms with Crippen LogP contribution in [0.15, 0.2) is 60.7 Å². The molecule has 3 aromatic carbocycles. The van der Waals surface area contributed by atoms with Crippen LogP contribution < -0.4 is 10.2 Å². The molecule has 0 atom stereocenters. The summed E-state index contributed by atoms with van der Waals surface area (Å²) in [5, 5.41) is 10.6. The standard InChI is InChI=1S/C33H44BO3/c1-30(2,3)25-17-23(18-26(21-25)31(4,5)6)22-16-24(28-14-12-13-15-29(28)36-11)20-27(19-22)34-37-33(9,10)32(7,8)35/h12-21,35H,1-11H3. The lowest BCUT2D eigenvalue weighted by Gasteiger charge is -2.37. The summed E-state index contributed by atoms with van der Waals surface area (Å²) >= 11 is 0. The first-order chi connectivity index (χ1) is 16.9. The topological polar surface area (TPSA) is 38.7 Å². The number of ether oxygens (including phenoxy) is 1. The van der Waals surface area contributed by atoms with E-state index in [0.717, 1.165) is 27.9 Å². The van der Waals surface area contributed by atoms with Crippen molar-refractivity contribution in [3.8, 4) is 28.0 Å². The Morgan fingerprint density at radius 1 is 0.649 bits per heavy atom. The molecule has 0 aromatic heterocycles. The molecule has 0 heterocycles. The fourth-order valence-electron chi connectivity index (χ4n) is 3.94. The quantitative estimate of drug-likeness (QED) is 0.344. The molecule has 197 valence electrons. The first kappa shape index (κ1) is 29.0. The number of hydrogen-bond acceptors (Lipinski definition) is 3. The smallest absolute Gasteiger partial charge is 0.330 e. The monoisotopic (exact) mass is 499 g/mol. The van der Waals surface area contributed by atoms with Gasteiger partial charge in [0.1, 0.15) is 5.75 Å². The van der Waals surface area contributed by atoms with Gasteiger partial charge in [0.05, 0.1) is 18.3 Å². The van der Waals surface area contributed by atoms with Gasteiger partial charge >= 0.3 is 7.48 Å². The summed E-state index contributed by atoms with van der Waals surface area (Å²) in [6.45, 7) is 20.9. The Balaban J connectivity index is 2.23. The molecular weight excluding hydrogens is 455 g/mol. The van der Waals surface area contributed by atoms with Gasteiger partial charge in [0.2, 0.25) is 0 Å². The van der Waals surface area contributed by atoms with Crippen molar-refractivity contribution >= 4 is 12.9 Å². The van der Waals surface area contributed by atoms with E-state index in [1.54, 1.807) is 28.4 Å². The first-order valence-corrected chi connectivity index (χ1v) is 13.1. The average molecular weight is 500 g/mol. The summed E-state index contributed by atoms with van der Waals surface area (Å²) in [5.41, 5.74) is 6.15. The van der Waals surface area contributed by atoms with Crippen LogP contribution in [0, 0.1) is 0 Å². The van der Waals surface area contributed by atoms with Crippen molar-refractivity contribution in [2.24, 2.45) is 0 Å². The van der Waals surface area contributed by atoms with E-state index in [-0.39, 0.29) is 10.8 Å². The molecule has 0 aliphatic carbocycles. The molecule has 1 radical (unpaired) electrons. The average Bonchev–Trinajstić information content (AvgIpc) is 2.80. The molecule has 0 aliphatic heterocycles. The minimum atomic E-state index is -1.00. The van der Waals surface area contributed by atoms with Crippen molar-refractivity contribution in [2.75, 3.05) is 7.11 Å². The molecule has 0 spiro atoms. The van der Waals surface area contributed by atoms with Gasteiger partial charge in [0, 0.05) is 5.56 Å². The van der Waals surface area contributed by atoms with Crippen LogP contribution in [0.3, 0.4) is 0 Å². The normalized spacial score (nSPS) is 13.0. The Hall–Kier alpha value is -2.56. The highest BCUT2D eigenvalue weighted by molar-refractivity contribution is 6.47. The van der Waals surface area contributed by atoms with Crippen molar-refractivity contribution in [1.29, 1.82) is 0 Å². The Morgan fingerprint density at radius 3 is 1.68 bits per heavy atom. The highest BCUT2D eigenvalue weighted by Gasteiger charge is 2.35. The molecule has 0 amide bonds. The van der Waals surface area contributed by atoms with Crippen LogP contribution in [0.5, 0.6) is 5.75 Å². The van der Waals surface area contributed by atoms with Crippen LogP contribution in [0.1, 0.15) is 80.4 Å². The lowest BCUT2D eigenvalue weighted by Crippen LogP contribution is -2.49. The Bertz CT molecular complexity index is 1210. The molecule has 1 N–H and O–H groups in total. The summed E-state index contributed by atoms with van der Waals surface area (Å²) in [6, 6.07) is 21.5. The minimum absolute atomic E-state index is 0.0189. The van der Waals surface area contributed by atoms with Crippen molar-refractivity contribution in [2.45, 2.75) is 91.3 Å². The minimum Gasteiger partial charge on any atom is -0.496 e. The van der Waals surface area contributed by atoms with Crippen molar-refractivity contribution in [3.63, 3.8) is 0 Å². The van der Waals surface area contributed by atoms with Crippen molar-refractivity contribution in [1.82, 2.24) is 0 Å². The van der Waals surface area contributed by atoms with Gasteiger partial charge in [-0.1, -0.05) is 95.5 Å². The van der Waals surface area contributed by atoms with E-state index in [0.29, 0.717) is 0 Å². The van der Waals surface area contributed by atoms with E-state index in [9.17, 15) is 5.11 Å². The highest BCUT2D eigenvalue weighted by atomic mass is 16.5. The molecule has 3 rings (SSSR count). The number of para-hydroxylation sites is 1. The zero-order valence-corrected chi connectivity index (χ0v) is 24.6. The lowest BCUT2D eigenvalue weighted by molar-refractivity contribution is -0.0893. The maximum atomic E-state index is 10.6. The number of hydrogen-bond donors (Lipinski definition) is 1. The fourth-order valence-corrected chi connectivity index (χ4v) is 3.94. The summed E-state index contributed by atoms with van der Waals surface area (Å²) in [7, 11) is 3.46. The molecule has 3 aromatic rings. The van der Waals surface area contributed by atoms with Crippen LogP contribution in [0.2, 0.25) is 0 Å². The van der Waals surface area contributed by atoms with Gasteiger partial charge in [-0.05, 0) is 78.5 Å².